The Kier molecular flexibility index (Phi) is 5.60. The van der Waals surface area contributed by atoms with E-state index in [4.69, 9.17) is 4.74 Å². The number of amides is 1. The van der Waals surface area contributed by atoms with E-state index >= 15 is 0 Å². The minimum absolute atomic E-state index is 0.117. The molecule has 0 saturated heterocycles. The summed E-state index contributed by atoms with van der Waals surface area (Å²) in [5, 5.41) is 3.57. The Morgan fingerprint density at radius 1 is 1.04 bits per heavy atom. The predicted octanol–water partition coefficient (Wildman–Crippen LogP) is 3.31. The van der Waals surface area contributed by atoms with E-state index in [2.05, 4.69) is 32.9 Å². The molecule has 1 aromatic heterocycles. The Hall–Kier alpha value is -2.48. The standard InChI is InChI=1S/C19H15IN2O3/c20-16-9-2-1-8-15(16)19(24)22-11-17(23)25-12-14-6-3-5-13-7-4-10-21-18(13)14/h1-10H,11-12H2,(H,22,24). The number of nitrogens with zero attached hydrogens (tertiary/aromatic N) is 1. The lowest BCUT2D eigenvalue weighted by atomic mass is 10.1. The third kappa shape index (κ3) is 4.33. The molecule has 5 nitrogen and oxygen atoms in total. The first kappa shape index (κ1) is 17.3. The average molecular weight is 446 g/mol. The van der Waals surface area contributed by atoms with Crippen LogP contribution in [-0.2, 0) is 16.1 Å². The van der Waals surface area contributed by atoms with E-state index in [9.17, 15) is 9.59 Å². The highest BCUT2D eigenvalue weighted by Crippen LogP contribution is 2.16. The second kappa shape index (κ2) is 8.06. The van der Waals surface area contributed by atoms with Crippen molar-refractivity contribution in [3.63, 3.8) is 0 Å². The number of benzene rings is 2. The van der Waals surface area contributed by atoms with Gasteiger partial charge < -0.3 is 10.1 Å². The number of fused-ring (bicyclic) bond motifs is 1. The first-order valence-corrected chi connectivity index (χ1v) is 8.74. The summed E-state index contributed by atoms with van der Waals surface area (Å²) in [6, 6.07) is 16.7. The number of carbonyl (C=O) groups is 2. The SMILES string of the molecule is O=C(CNC(=O)c1ccccc1I)OCc1cccc2cccnc12. The maximum Gasteiger partial charge on any atom is 0.325 e. The summed E-state index contributed by atoms with van der Waals surface area (Å²) >= 11 is 2.08. The van der Waals surface area contributed by atoms with Crippen LogP contribution in [0, 0.1) is 3.57 Å². The van der Waals surface area contributed by atoms with Crippen molar-refractivity contribution in [2.75, 3.05) is 6.54 Å². The van der Waals surface area contributed by atoms with E-state index in [0.717, 1.165) is 20.0 Å². The van der Waals surface area contributed by atoms with E-state index in [0.29, 0.717) is 5.56 Å². The molecule has 6 heteroatoms. The molecule has 2 aromatic carbocycles. The maximum atomic E-state index is 12.1. The number of esters is 1. The molecule has 1 amide bonds. The van der Waals surface area contributed by atoms with Crippen LogP contribution in [0.5, 0.6) is 0 Å². The van der Waals surface area contributed by atoms with Gasteiger partial charge in [-0.05, 0) is 40.8 Å². The van der Waals surface area contributed by atoms with Crippen molar-refractivity contribution in [1.29, 1.82) is 0 Å². The fourth-order valence-corrected chi connectivity index (χ4v) is 3.02. The zero-order valence-corrected chi connectivity index (χ0v) is 15.4. The number of hydrogen-bond acceptors (Lipinski definition) is 4. The molecule has 126 valence electrons. The Morgan fingerprint density at radius 3 is 2.68 bits per heavy atom. The number of nitrogens with one attached hydrogen (secondary N) is 1. The van der Waals surface area contributed by atoms with Crippen LogP contribution in [0.3, 0.4) is 0 Å². The number of para-hydroxylation sites is 1. The van der Waals surface area contributed by atoms with Crippen molar-refractivity contribution in [2.45, 2.75) is 6.61 Å². The van der Waals surface area contributed by atoms with Crippen LogP contribution in [0.1, 0.15) is 15.9 Å². The van der Waals surface area contributed by atoms with Gasteiger partial charge in [0.25, 0.3) is 5.91 Å². The van der Waals surface area contributed by atoms with Gasteiger partial charge in [-0.25, -0.2) is 0 Å². The fourth-order valence-electron chi connectivity index (χ4n) is 2.39. The minimum Gasteiger partial charge on any atom is -0.459 e. The van der Waals surface area contributed by atoms with Crippen molar-refractivity contribution in [2.24, 2.45) is 0 Å². The number of rotatable bonds is 5. The zero-order chi connectivity index (χ0) is 17.6. The summed E-state index contributed by atoms with van der Waals surface area (Å²) in [6.45, 7) is -0.0616. The van der Waals surface area contributed by atoms with Gasteiger partial charge in [-0.3, -0.25) is 14.6 Å². The molecule has 0 fully saturated rings. The van der Waals surface area contributed by atoms with Crippen LogP contribution >= 0.6 is 22.6 Å². The largest absolute Gasteiger partial charge is 0.459 e. The lowest BCUT2D eigenvalue weighted by molar-refractivity contribution is -0.143. The van der Waals surface area contributed by atoms with E-state index < -0.39 is 5.97 Å². The monoisotopic (exact) mass is 446 g/mol. The number of halogens is 1. The van der Waals surface area contributed by atoms with Gasteiger partial charge in [0.05, 0.1) is 11.1 Å². The molecule has 0 aliphatic heterocycles. The fraction of sp³-hybridized carbons (Fsp3) is 0.105. The van der Waals surface area contributed by atoms with Crippen LogP contribution in [-0.4, -0.2) is 23.4 Å². The molecule has 0 saturated carbocycles. The molecule has 0 radical (unpaired) electrons. The normalized spacial score (nSPS) is 10.4. The first-order chi connectivity index (χ1) is 12.1. The first-order valence-electron chi connectivity index (χ1n) is 7.66. The van der Waals surface area contributed by atoms with E-state index in [1.165, 1.54) is 0 Å². The molecular weight excluding hydrogens is 431 g/mol. The number of aromatic nitrogens is 1. The predicted molar refractivity (Wildman–Crippen MR) is 103 cm³/mol. The van der Waals surface area contributed by atoms with E-state index in [1.54, 1.807) is 18.3 Å². The number of hydrogen-bond donors (Lipinski definition) is 1. The minimum atomic E-state index is -0.493. The molecule has 0 atom stereocenters. The summed E-state index contributed by atoms with van der Waals surface area (Å²) in [5.41, 5.74) is 2.17. The molecule has 3 aromatic rings. The van der Waals surface area contributed by atoms with Gasteiger partial charge in [-0.2, -0.15) is 0 Å². The summed E-state index contributed by atoms with van der Waals surface area (Å²) in [5.74, 6) is -0.791. The molecule has 0 aliphatic carbocycles. The van der Waals surface area contributed by atoms with Gasteiger partial charge in [-0.15, -0.1) is 0 Å². The van der Waals surface area contributed by atoms with Gasteiger partial charge in [0, 0.05) is 20.7 Å². The molecular formula is C19H15IN2O3. The third-order valence-corrected chi connectivity index (χ3v) is 4.56. The Labute approximate surface area is 158 Å². The molecule has 3 rings (SSSR count). The lowest BCUT2D eigenvalue weighted by Crippen LogP contribution is -2.31. The Balaban J connectivity index is 1.56. The smallest absolute Gasteiger partial charge is 0.325 e. The zero-order valence-electron chi connectivity index (χ0n) is 13.2. The van der Waals surface area contributed by atoms with Crippen LogP contribution in [0.25, 0.3) is 10.9 Å². The Bertz CT molecular complexity index is 922. The quantitative estimate of drug-likeness (QED) is 0.483. The molecule has 0 spiro atoms. The van der Waals surface area contributed by atoms with Crippen LogP contribution in [0.15, 0.2) is 60.8 Å². The molecule has 25 heavy (non-hydrogen) atoms. The summed E-state index contributed by atoms with van der Waals surface area (Å²) in [4.78, 5) is 28.3. The van der Waals surface area contributed by atoms with Crippen molar-refractivity contribution in [3.8, 4) is 0 Å². The van der Waals surface area contributed by atoms with Crippen molar-refractivity contribution in [1.82, 2.24) is 10.3 Å². The van der Waals surface area contributed by atoms with Gasteiger partial charge in [-0.1, -0.05) is 36.4 Å². The van der Waals surface area contributed by atoms with Crippen molar-refractivity contribution >= 4 is 45.4 Å². The molecule has 1 N–H and O–H groups in total. The number of pyridine rings is 1. The highest BCUT2D eigenvalue weighted by molar-refractivity contribution is 14.1. The lowest BCUT2D eigenvalue weighted by Gasteiger charge is -2.09. The maximum absolute atomic E-state index is 12.1. The van der Waals surface area contributed by atoms with Gasteiger partial charge in [0.1, 0.15) is 13.2 Å². The average Bonchev–Trinajstić information content (AvgIpc) is 2.64. The second-order valence-corrected chi connectivity index (χ2v) is 6.48. The van der Waals surface area contributed by atoms with Crippen molar-refractivity contribution < 1.29 is 14.3 Å². The highest BCUT2D eigenvalue weighted by Gasteiger charge is 2.12. The van der Waals surface area contributed by atoms with Crippen LogP contribution in [0.4, 0.5) is 0 Å². The van der Waals surface area contributed by atoms with Crippen molar-refractivity contribution in [3.05, 3.63) is 75.5 Å². The highest BCUT2D eigenvalue weighted by atomic mass is 127. The van der Waals surface area contributed by atoms with E-state index in [1.807, 2.05) is 42.5 Å². The molecule has 0 bridgehead atoms. The second-order valence-electron chi connectivity index (χ2n) is 5.32. The number of ether oxygens (including phenoxy) is 1. The number of carbonyl (C=O) groups excluding carboxylic acids is 2. The summed E-state index contributed by atoms with van der Waals surface area (Å²) < 4.78 is 6.08. The summed E-state index contributed by atoms with van der Waals surface area (Å²) in [6.07, 6.45) is 1.70. The van der Waals surface area contributed by atoms with Gasteiger partial charge in [0.15, 0.2) is 0 Å². The van der Waals surface area contributed by atoms with Gasteiger partial charge >= 0.3 is 5.97 Å². The molecule has 0 unspecified atom stereocenters. The third-order valence-electron chi connectivity index (χ3n) is 3.62. The van der Waals surface area contributed by atoms with Crippen LogP contribution in [0.2, 0.25) is 0 Å². The topological polar surface area (TPSA) is 68.3 Å². The van der Waals surface area contributed by atoms with Crippen LogP contribution < -0.4 is 5.32 Å². The van der Waals surface area contributed by atoms with Gasteiger partial charge in [0.2, 0.25) is 0 Å². The molecule has 1 heterocycles. The van der Waals surface area contributed by atoms with E-state index in [-0.39, 0.29) is 19.1 Å². The Morgan fingerprint density at radius 2 is 1.84 bits per heavy atom. The molecule has 0 aliphatic rings. The summed E-state index contributed by atoms with van der Waals surface area (Å²) in [7, 11) is 0.